The molecule has 23 heavy (non-hydrogen) atoms. The van der Waals surface area contributed by atoms with Gasteiger partial charge in [-0.2, -0.15) is 13.2 Å². The zero-order chi connectivity index (χ0) is 16.7. The van der Waals surface area contributed by atoms with Crippen molar-refractivity contribution in [3.63, 3.8) is 0 Å². The van der Waals surface area contributed by atoms with Crippen LogP contribution in [0.2, 0.25) is 0 Å². The third kappa shape index (κ3) is 6.64. The van der Waals surface area contributed by atoms with E-state index in [4.69, 9.17) is 0 Å². The third-order valence-corrected chi connectivity index (χ3v) is 4.32. The molecule has 0 aromatic rings. The molecule has 2 rings (SSSR count). The van der Waals surface area contributed by atoms with Crippen LogP contribution in [0.5, 0.6) is 0 Å². The number of piperidine rings is 1. The Morgan fingerprint density at radius 2 is 1.91 bits per heavy atom. The van der Waals surface area contributed by atoms with Crippen LogP contribution >= 0.6 is 0 Å². The first-order chi connectivity index (χ1) is 11.0. The van der Waals surface area contributed by atoms with Crippen LogP contribution in [-0.4, -0.2) is 80.4 Å². The van der Waals surface area contributed by atoms with Gasteiger partial charge in [0.2, 0.25) is 5.91 Å². The van der Waals surface area contributed by atoms with Crippen LogP contribution in [-0.2, 0) is 9.53 Å². The SMILES string of the molecule is O=C(C1CCCCN1)N1CCN(CCCOCC(F)(F)F)CC1. The number of nitrogens with zero attached hydrogens (tertiary/aromatic N) is 2. The number of halogens is 3. The molecule has 2 aliphatic rings. The molecule has 2 aliphatic heterocycles. The van der Waals surface area contributed by atoms with Crippen LogP contribution in [0.3, 0.4) is 0 Å². The Bertz CT molecular complexity index is 365. The zero-order valence-corrected chi connectivity index (χ0v) is 13.4. The highest BCUT2D eigenvalue weighted by molar-refractivity contribution is 5.82. The van der Waals surface area contributed by atoms with E-state index in [1.54, 1.807) is 0 Å². The molecule has 1 N–H and O–H groups in total. The number of carbonyl (C=O) groups is 1. The summed E-state index contributed by atoms with van der Waals surface area (Å²) in [5, 5.41) is 3.27. The number of amides is 1. The molecule has 2 fully saturated rings. The molecule has 1 amide bonds. The van der Waals surface area contributed by atoms with E-state index in [0.29, 0.717) is 26.1 Å². The fourth-order valence-electron chi connectivity index (χ4n) is 3.05. The highest BCUT2D eigenvalue weighted by Gasteiger charge is 2.29. The number of carbonyl (C=O) groups excluding carboxylic acids is 1. The molecule has 1 atom stereocenters. The largest absolute Gasteiger partial charge is 0.411 e. The number of rotatable bonds is 6. The molecular weight excluding hydrogens is 311 g/mol. The van der Waals surface area contributed by atoms with Crippen molar-refractivity contribution in [3.05, 3.63) is 0 Å². The van der Waals surface area contributed by atoms with E-state index in [9.17, 15) is 18.0 Å². The van der Waals surface area contributed by atoms with Gasteiger partial charge >= 0.3 is 6.18 Å². The van der Waals surface area contributed by atoms with Gasteiger partial charge < -0.3 is 15.0 Å². The maximum Gasteiger partial charge on any atom is 0.411 e. The molecule has 0 saturated carbocycles. The van der Waals surface area contributed by atoms with E-state index < -0.39 is 12.8 Å². The summed E-state index contributed by atoms with van der Waals surface area (Å²) in [5.41, 5.74) is 0. The van der Waals surface area contributed by atoms with Gasteiger partial charge in [0.05, 0.1) is 6.04 Å². The van der Waals surface area contributed by atoms with Crippen molar-refractivity contribution < 1.29 is 22.7 Å². The van der Waals surface area contributed by atoms with E-state index in [1.165, 1.54) is 0 Å². The Morgan fingerprint density at radius 3 is 2.52 bits per heavy atom. The summed E-state index contributed by atoms with van der Waals surface area (Å²) >= 11 is 0. The molecule has 134 valence electrons. The van der Waals surface area contributed by atoms with Crippen molar-refractivity contribution in [2.75, 3.05) is 52.5 Å². The van der Waals surface area contributed by atoms with E-state index in [-0.39, 0.29) is 18.6 Å². The Labute approximate surface area is 135 Å². The van der Waals surface area contributed by atoms with Gasteiger partial charge in [0.15, 0.2) is 0 Å². The van der Waals surface area contributed by atoms with Crippen molar-refractivity contribution in [2.24, 2.45) is 0 Å². The van der Waals surface area contributed by atoms with Crippen LogP contribution in [0.25, 0.3) is 0 Å². The molecule has 0 radical (unpaired) electrons. The highest BCUT2D eigenvalue weighted by atomic mass is 19.4. The zero-order valence-electron chi connectivity index (χ0n) is 13.4. The Hall–Kier alpha value is -0.860. The van der Waals surface area contributed by atoms with Crippen LogP contribution in [0.4, 0.5) is 13.2 Å². The predicted molar refractivity (Wildman–Crippen MR) is 80.2 cm³/mol. The second-order valence-corrected chi connectivity index (χ2v) is 6.19. The van der Waals surface area contributed by atoms with Gasteiger partial charge in [0.25, 0.3) is 0 Å². The summed E-state index contributed by atoms with van der Waals surface area (Å²) < 4.78 is 40.4. The fourth-order valence-corrected chi connectivity index (χ4v) is 3.05. The molecular formula is C15H26F3N3O2. The van der Waals surface area contributed by atoms with Gasteiger partial charge in [-0.3, -0.25) is 9.69 Å². The summed E-state index contributed by atoms with van der Waals surface area (Å²) in [6, 6.07) is -0.0360. The van der Waals surface area contributed by atoms with E-state index in [0.717, 1.165) is 38.9 Å². The Morgan fingerprint density at radius 1 is 1.17 bits per heavy atom. The molecule has 5 nitrogen and oxygen atoms in total. The van der Waals surface area contributed by atoms with Crippen LogP contribution < -0.4 is 5.32 Å². The third-order valence-electron chi connectivity index (χ3n) is 4.32. The minimum absolute atomic E-state index is 0.0360. The number of hydrogen-bond donors (Lipinski definition) is 1. The standard InChI is InChI=1S/C15H26F3N3O2/c16-15(17,18)12-23-11-3-6-20-7-9-21(10-8-20)14(22)13-4-1-2-5-19-13/h13,19H,1-12H2. The average Bonchev–Trinajstić information content (AvgIpc) is 2.54. The monoisotopic (exact) mass is 337 g/mol. The first kappa shape index (κ1) is 18.5. The predicted octanol–water partition coefficient (Wildman–Crippen LogP) is 1.24. The summed E-state index contributed by atoms with van der Waals surface area (Å²) in [4.78, 5) is 16.4. The van der Waals surface area contributed by atoms with Gasteiger partial charge in [-0.15, -0.1) is 0 Å². The molecule has 0 aliphatic carbocycles. The molecule has 1 unspecified atom stereocenters. The highest BCUT2D eigenvalue weighted by Crippen LogP contribution is 2.15. The van der Waals surface area contributed by atoms with Crippen molar-refractivity contribution in [1.82, 2.24) is 15.1 Å². The lowest BCUT2D eigenvalue weighted by atomic mass is 10.0. The average molecular weight is 337 g/mol. The minimum atomic E-state index is -4.25. The second-order valence-electron chi connectivity index (χ2n) is 6.19. The summed E-state index contributed by atoms with van der Waals surface area (Å²) in [7, 11) is 0. The molecule has 0 aromatic heterocycles. The Balaban J connectivity index is 1.57. The van der Waals surface area contributed by atoms with Gasteiger partial charge in [-0.05, 0) is 25.8 Å². The van der Waals surface area contributed by atoms with Crippen molar-refractivity contribution in [1.29, 1.82) is 0 Å². The first-order valence-electron chi connectivity index (χ1n) is 8.35. The number of alkyl halides is 3. The lowest BCUT2D eigenvalue weighted by molar-refractivity contribution is -0.174. The molecule has 0 bridgehead atoms. The maximum absolute atomic E-state index is 12.4. The summed E-state index contributed by atoms with van der Waals surface area (Å²) in [6.45, 7) is 3.50. The smallest absolute Gasteiger partial charge is 0.372 e. The molecule has 8 heteroatoms. The van der Waals surface area contributed by atoms with Gasteiger partial charge in [0.1, 0.15) is 6.61 Å². The topological polar surface area (TPSA) is 44.8 Å². The van der Waals surface area contributed by atoms with Crippen molar-refractivity contribution in [3.8, 4) is 0 Å². The maximum atomic E-state index is 12.4. The second kappa shape index (κ2) is 8.84. The molecule has 0 spiro atoms. The van der Waals surface area contributed by atoms with E-state index in [2.05, 4.69) is 15.0 Å². The minimum Gasteiger partial charge on any atom is -0.372 e. The van der Waals surface area contributed by atoms with E-state index in [1.807, 2.05) is 4.90 Å². The molecule has 0 aromatic carbocycles. The molecule has 2 heterocycles. The van der Waals surface area contributed by atoms with Gasteiger partial charge in [-0.25, -0.2) is 0 Å². The number of piperazine rings is 1. The Kier molecular flexibility index (Phi) is 7.10. The lowest BCUT2D eigenvalue weighted by Crippen LogP contribution is -2.55. The van der Waals surface area contributed by atoms with Crippen molar-refractivity contribution in [2.45, 2.75) is 37.9 Å². The van der Waals surface area contributed by atoms with Gasteiger partial charge in [-0.1, -0.05) is 6.42 Å². The van der Waals surface area contributed by atoms with Gasteiger partial charge in [0, 0.05) is 39.3 Å². The molecule has 2 saturated heterocycles. The van der Waals surface area contributed by atoms with Crippen LogP contribution in [0, 0.1) is 0 Å². The number of nitrogens with one attached hydrogen (secondary N) is 1. The number of hydrogen-bond acceptors (Lipinski definition) is 4. The van der Waals surface area contributed by atoms with Crippen molar-refractivity contribution >= 4 is 5.91 Å². The number of ether oxygens (including phenoxy) is 1. The fraction of sp³-hybridized carbons (Fsp3) is 0.933. The van der Waals surface area contributed by atoms with Crippen LogP contribution in [0.1, 0.15) is 25.7 Å². The van der Waals surface area contributed by atoms with E-state index >= 15 is 0 Å². The lowest BCUT2D eigenvalue weighted by Gasteiger charge is -2.37. The quantitative estimate of drug-likeness (QED) is 0.741. The van der Waals surface area contributed by atoms with Crippen LogP contribution in [0.15, 0.2) is 0 Å². The summed E-state index contributed by atoms with van der Waals surface area (Å²) in [5.74, 6) is 0.192. The first-order valence-corrected chi connectivity index (χ1v) is 8.35. The normalized spacial score (nSPS) is 24.0. The summed E-state index contributed by atoms with van der Waals surface area (Å²) in [6.07, 6.45) is -0.530.